The zero-order chi connectivity index (χ0) is 13.8. The summed E-state index contributed by atoms with van der Waals surface area (Å²) in [6.45, 7) is 0.196. The number of benzene rings is 1. The Balaban J connectivity index is 2.20. The highest BCUT2D eigenvalue weighted by molar-refractivity contribution is 5.98. The van der Waals surface area contributed by atoms with Gasteiger partial charge in [-0.05, 0) is 12.1 Å². The number of aromatic nitrogens is 3. The molecule has 0 saturated heterocycles. The van der Waals surface area contributed by atoms with Crippen LogP contribution in [0, 0.1) is 0 Å². The standard InChI is InChI=1S/C12H14N4O3/c1-16-6-8(14-15-16)7-19-10-5-3-4-9(13)11(10)12(17)18-2/h3-6H,7,13H2,1-2H3. The molecule has 0 amide bonds. The van der Waals surface area contributed by atoms with Gasteiger partial charge in [0.05, 0.1) is 13.3 Å². The first-order chi connectivity index (χ1) is 9.11. The second-order valence-corrected chi connectivity index (χ2v) is 3.88. The van der Waals surface area contributed by atoms with Gasteiger partial charge in [-0.15, -0.1) is 5.10 Å². The number of nitrogen functional groups attached to an aromatic ring is 1. The van der Waals surface area contributed by atoms with Gasteiger partial charge in [-0.2, -0.15) is 0 Å². The molecular formula is C12H14N4O3. The summed E-state index contributed by atoms with van der Waals surface area (Å²) >= 11 is 0. The molecule has 7 nitrogen and oxygen atoms in total. The maximum Gasteiger partial charge on any atom is 0.343 e. The molecule has 1 heterocycles. The van der Waals surface area contributed by atoms with E-state index in [-0.39, 0.29) is 12.2 Å². The van der Waals surface area contributed by atoms with E-state index in [4.69, 9.17) is 10.5 Å². The molecule has 1 aromatic heterocycles. The van der Waals surface area contributed by atoms with E-state index in [9.17, 15) is 4.79 Å². The number of hydrogen-bond donors (Lipinski definition) is 1. The third kappa shape index (κ3) is 2.82. The first kappa shape index (κ1) is 12.9. The summed E-state index contributed by atoms with van der Waals surface area (Å²) in [7, 11) is 3.05. The number of rotatable bonds is 4. The van der Waals surface area contributed by atoms with E-state index in [1.165, 1.54) is 7.11 Å². The van der Waals surface area contributed by atoms with Crippen LogP contribution in [0.15, 0.2) is 24.4 Å². The second-order valence-electron chi connectivity index (χ2n) is 3.88. The Labute approximate surface area is 109 Å². The molecule has 0 aliphatic rings. The normalized spacial score (nSPS) is 10.2. The molecule has 0 aliphatic heterocycles. The Kier molecular flexibility index (Phi) is 3.65. The summed E-state index contributed by atoms with van der Waals surface area (Å²) in [5.74, 6) is -0.176. The quantitative estimate of drug-likeness (QED) is 0.646. The SMILES string of the molecule is COC(=O)c1c(N)cccc1OCc1cn(C)nn1. The first-order valence-corrected chi connectivity index (χ1v) is 5.56. The van der Waals surface area contributed by atoms with Crippen LogP contribution < -0.4 is 10.5 Å². The molecule has 2 aromatic rings. The summed E-state index contributed by atoms with van der Waals surface area (Å²) in [5.41, 5.74) is 6.94. The van der Waals surface area contributed by atoms with Crippen molar-refractivity contribution in [1.29, 1.82) is 0 Å². The van der Waals surface area contributed by atoms with Crippen molar-refractivity contribution in [2.75, 3.05) is 12.8 Å². The van der Waals surface area contributed by atoms with Crippen LogP contribution >= 0.6 is 0 Å². The Morgan fingerprint density at radius 3 is 2.89 bits per heavy atom. The molecule has 19 heavy (non-hydrogen) atoms. The van der Waals surface area contributed by atoms with E-state index in [0.717, 1.165) is 0 Å². The molecule has 1 aromatic carbocycles. The Hall–Kier alpha value is -2.57. The first-order valence-electron chi connectivity index (χ1n) is 5.56. The smallest absolute Gasteiger partial charge is 0.343 e. The number of nitrogens with two attached hydrogens (primary N) is 1. The fourth-order valence-corrected chi connectivity index (χ4v) is 1.60. The lowest BCUT2D eigenvalue weighted by Crippen LogP contribution is -2.09. The highest BCUT2D eigenvalue weighted by Gasteiger charge is 2.17. The van der Waals surface area contributed by atoms with Crippen LogP contribution in [0.1, 0.15) is 16.1 Å². The lowest BCUT2D eigenvalue weighted by Gasteiger charge is -2.10. The van der Waals surface area contributed by atoms with Crippen LogP contribution in [-0.2, 0) is 18.4 Å². The van der Waals surface area contributed by atoms with Gasteiger partial charge in [-0.25, -0.2) is 4.79 Å². The van der Waals surface area contributed by atoms with Crippen molar-refractivity contribution in [2.45, 2.75) is 6.61 Å². The van der Waals surface area contributed by atoms with Gasteiger partial charge in [0.1, 0.15) is 23.6 Å². The van der Waals surface area contributed by atoms with Gasteiger partial charge < -0.3 is 15.2 Å². The maximum atomic E-state index is 11.7. The predicted molar refractivity (Wildman–Crippen MR) is 67.5 cm³/mol. The van der Waals surface area contributed by atoms with Gasteiger partial charge in [0.15, 0.2) is 0 Å². The molecular weight excluding hydrogens is 248 g/mol. The van der Waals surface area contributed by atoms with Gasteiger partial charge >= 0.3 is 5.97 Å². The van der Waals surface area contributed by atoms with Crippen LogP contribution in [-0.4, -0.2) is 28.1 Å². The molecule has 0 spiro atoms. The minimum absolute atomic E-state index is 0.196. The molecule has 2 N–H and O–H groups in total. The summed E-state index contributed by atoms with van der Waals surface area (Å²) in [5, 5.41) is 7.68. The summed E-state index contributed by atoms with van der Waals surface area (Å²) in [6, 6.07) is 4.97. The van der Waals surface area contributed by atoms with Crippen LogP contribution in [0.4, 0.5) is 5.69 Å². The molecule has 0 aliphatic carbocycles. The second kappa shape index (κ2) is 5.38. The van der Waals surface area contributed by atoms with Gasteiger partial charge in [0, 0.05) is 12.7 Å². The zero-order valence-electron chi connectivity index (χ0n) is 10.7. The van der Waals surface area contributed by atoms with Crippen LogP contribution in [0.2, 0.25) is 0 Å². The van der Waals surface area contributed by atoms with E-state index in [1.54, 1.807) is 36.1 Å². The number of methoxy groups -OCH3 is 1. The number of carbonyl (C=O) groups excluding carboxylic acids is 1. The largest absolute Gasteiger partial charge is 0.486 e. The van der Waals surface area contributed by atoms with Gasteiger partial charge in [0.25, 0.3) is 0 Å². The third-order valence-corrected chi connectivity index (χ3v) is 2.47. The molecule has 100 valence electrons. The van der Waals surface area contributed by atoms with Crippen molar-refractivity contribution in [3.8, 4) is 5.75 Å². The van der Waals surface area contributed by atoms with E-state index >= 15 is 0 Å². The predicted octanol–water partition coefficient (Wildman–Crippen LogP) is 0.763. The lowest BCUT2D eigenvalue weighted by atomic mass is 10.1. The van der Waals surface area contributed by atoms with E-state index in [0.29, 0.717) is 17.1 Å². The zero-order valence-corrected chi connectivity index (χ0v) is 10.7. The number of aryl methyl sites for hydroxylation is 1. The fourth-order valence-electron chi connectivity index (χ4n) is 1.60. The maximum absolute atomic E-state index is 11.7. The van der Waals surface area contributed by atoms with Gasteiger partial charge in [-0.3, -0.25) is 4.68 Å². The number of anilines is 1. The molecule has 7 heteroatoms. The van der Waals surface area contributed by atoms with Crippen LogP contribution in [0.3, 0.4) is 0 Å². The summed E-state index contributed by atoms with van der Waals surface area (Å²) in [6.07, 6.45) is 1.73. The third-order valence-electron chi connectivity index (χ3n) is 2.47. The molecule has 0 radical (unpaired) electrons. The van der Waals surface area contributed by atoms with Crippen molar-refractivity contribution in [3.05, 3.63) is 35.7 Å². The van der Waals surface area contributed by atoms with Crippen molar-refractivity contribution in [2.24, 2.45) is 7.05 Å². The molecule has 0 saturated carbocycles. The number of ether oxygens (including phenoxy) is 2. The average molecular weight is 262 g/mol. The molecule has 0 unspecified atom stereocenters. The Morgan fingerprint density at radius 1 is 1.47 bits per heavy atom. The average Bonchev–Trinajstić information content (AvgIpc) is 2.81. The van der Waals surface area contributed by atoms with Crippen molar-refractivity contribution in [3.63, 3.8) is 0 Å². The number of carbonyl (C=O) groups is 1. The van der Waals surface area contributed by atoms with Crippen molar-refractivity contribution < 1.29 is 14.3 Å². The molecule has 0 fully saturated rings. The van der Waals surface area contributed by atoms with Gasteiger partial charge in [0.2, 0.25) is 0 Å². The molecule has 2 rings (SSSR count). The lowest BCUT2D eigenvalue weighted by molar-refractivity contribution is 0.0597. The minimum Gasteiger partial charge on any atom is -0.486 e. The summed E-state index contributed by atoms with van der Waals surface area (Å²) in [4.78, 5) is 11.7. The highest BCUT2D eigenvalue weighted by atomic mass is 16.5. The Morgan fingerprint density at radius 2 is 2.26 bits per heavy atom. The summed E-state index contributed by atoms with van der Waals surface area (Å²) < 4.78 is 11.8. The van der Waals surface area contributed by atoms with E-state index < -0.39 is 5.97 Å². The number of esters is 1. The number of hydrogen-bond acceptors (Lipinski definition) is 6. The number of nitrogens with zero attached hydrogens (tertiary/aromatic N) is 3. The fraction of sp³-hybridized carbons (Fsp3) is 0.250. The van der Waals surface area contributed by atoms with Crippen LogP contribution in [0.25, 0.3) is 0 Å². The van der Waals surface area contributed by atoms with Gasteiger partial charge in [-0.1, -0.05) is 11.3 Å². The van der Waals surface area contributed by atoms with E-state index in [1.807, 2.05) is 0 Å². The van der Waals surface area contributed by atoms with Crippen molar-refractivity contribution >= 4 is 11.7 Å². The topological polar surface area (TPSA) is 92.3 Å². The molecule has 0 atom stereocenters. The molecule has 0 bridgehead atoms. The van der Waals surface area contributed by atoms with Crippen LogP contribution in [0.5, 0.6) is 5.75 Å². The van der Waals surface area contributed by atoms with Crippen molar-refractivity contribution in [1.82, 2.24) is 15.0 Å². The monoisotopic (exact) mass is 262 g/mol. The Bertz CT molecular complexity index is 594. The van der Waals surface area contributed by atoms with E-state index in [2.05, 4.69) is 15.0 Å². The highest BCUT2D eigenvalue weighted by Crippen LogP contribution is 2.25. The minimum atomic E-state index is -0.535.